The minimum Gasteiger partial charge on any atom is -0.350 e. The van der Waals surface area contributed by atoms with Gasteiger partial charge in [0.1, 0.15) is 6.33 Å². The zero-order valence-electron chi connectivity index (χ0n) is 12.8. The number of aromatic nitrogens is 3. The van der Waals surface area contributed by atoms with Crippen LogP contribution in [0.1, 0.15) is 11.8 Å². The smallest absolute Gasteiger partial charge is 0.233 e. The topological polar surface area (TPSA) is 59.8 Å². The number of benzene rings is 1. The Morgan fingerprint density at radius 3 is 3.04 bits per heavy atom. The van der Waals surface area contributed by atoms with Crippen LogP contribution in [0, 0.1) is 0 Å². The zero-order valence-corrected chi connectivity index (χ0v) is 15.2. The van der Waals surface area contributed by atoms with Crippen molar-refractivity contribution in [1.29, 1.82) is 0 Å². The molecule has 0 aliphatic carbocycles. The highest BCUT2D eigenvalue weighted by Gasteiger charge is 2.18. The number of nitrogens with one attached hydrogen (secondary N) is 1. The number of carbonyl (C=O) groups excluding carboxylic acids is 1. The van der Waals surface area contributed by atoms with Gasteiger partial charge in [0.15, 0.2) is 5.16 Å². The van der Waals surface area contributed by atoms with Crippen LogP contribution in [0.3, 0.4) is 0 Å². The van der Waals surface area contributed by atoms with Crippen LogP contribution < -0.4 is 5.32 Å². The number of thioether (sulfide) groups is 1. The Morgan fingerprint density at radius 1 is 1.42 bits per heavy atom. The molecule has 1 amide bonds. The van der Waals surface area contributed by atoms with E-state index in [1.165, 1.54) is 11.8 Å². The monoisotopic (exact) mass is 378 g/mol. The number of hydrogen-bond acceptors (Lipinski definition) is 5. The largest absolute Gasteiger partial charge is 0.350 e. The summed E-state index contributed by atoms with van der Waals surface area (Å²) in [4.78, 5) is 13.4. The molecule has 0 bridgehead atoms. The Morgan fingerprint density at radius 2 is 2.29 bits per heavy atom. The van der Waals surface area contributed by atoms with Crippen molar-refractivity contribution in [3.63, 3.8) is 0 Å². The van der Waals surface area contributed by atoms with Crippen molar-refractivity contribution in [3.05, 3.63) is 58.0 Å². The summed E-state index contributed by atoms with van der Waals surface area (Å²) < 4.78 is 1.82. The Balaban J connectivity index is 1.65. The molecule has 0 spiro atoms. The molecular formula is C16H15ClN4OS2. The molecule has 24 heavy (non-hydrogen) atoms. The third kappa shape index (κ3) is 4.17. The van der Waals surface area contributed by atoms with Gasteiger partial charge in [-0.05, 0) is 36.6 Å². The predicted octanol–water partition coefficient (Wildman–Crippen LogP) is 3.78. The van der Waals surface area contributed by atoms with Crippen LogP contribution in [0.5, 0.6) is 0 Å². The number of hydrogen-bond donors (Lipinski definition) is 1. The van der Waals surface area contributed by atoms with E-state index in [9.17, 15) is 4.79 Å². The van der Waals surface area contributed by atoms with E-state index in [0.29, 0.717) is 16.7 Å². The summed E-state index contributed by atoms with van der Waals surface area (Å²) in [6.07, 6.45) is 1.62. The van der Waals surface area contributed by atoms with Gasteiger partial charge in [0.05, 0.1) is 17.5 Å². The maximum Gasteiger partial charge on any atom is 0.233 e. The molecule has 0 fully saturated rings. The van der Waals surface area contributed by atoms with Gasteiger partial charge in [0.2, 0.25) is 5.91 Å². The average molecular weight is 379 g/mol. The van der Waals surface area contributed by atoms with Crippen LogP contribution in [0.25, 0.3) is 5.69 Å². The van der Waals surface area contributed by atoms with E-state index >= 15 is 0 Å². The summed E-state index contributed by atoms with van der Waals surface area (Å²) in [5.74, 6) is -0.0333. The van der Waals surface area contributed by atoms with Crippen molar-refractivity contribution >= 4 is 40.6 Å². The maximum absolute atomic E-state index is 12.3. The molecule has 1 N–H and O–H groups in total. The number of carbonyl (C=O) groups is 1. The highest BCUT2D eigenvalue weighted by atomic mass is 35.5. The van der Waals surface area contributed by atoms with Crippen LogP contribution in [0.2, 0.25) is 5.02 Å². The van der Waals surface area contributed by atoms with E-state index in [1.54, 1.807) is 17.7 Å². The molecule has 124 valence electrons. The normalized spacial score (nSPS) is 12.1. The minimum atomic E-state index is -0.285. The second-order valence-electron chi connectivity index (χ2n) is 5.02. The van der Waals surface area contributed by atoms with Crippen molar-refractivity contribution < 1.29 is 4.79 Å². The molecule has 0 radical (unpaired) electrons. The van der Waals surface area contributed by atoms with Gasteiger partial charge in [0.25, 0.3) is 0 Å². The molecule has 0 aliphatic rings. The second-order valence-corrected chi connectivity index (χ2v) is 7.80. The molecule has 2 aromatic heterocycles. The van der Waals surface area contributed by atoms with Crippen molar-refractivity contribution in [3.8, 4) is 5.69 Å². The van der Waals surface area contributed by atoms with E-state index in [4.69, 9.17) is 11.6 Å². The molecule has 3 rings (SSSR count). The number of nitrogens with zero attached hydrogens (tertiary/aromatic N) is 3. The van der Waals surface area contributed by atoms with Gasteiger partial charge in [-0.1, -0.05) is 35.5 Å². The van der Waals surface area contributed by atoms with Crippen molar-refractivity contribution in [1.82, 2.24) is 20.1 Å². The standard InChI is InChI=1S/C16H15ClN4OS2/c1-11(15(22)18-9-14-6-3-7-23-14)24-16-20-19-10-21(16)13-5-2-4-12(17)8-13/h2-8,10-11H,9H2,1H3,(H,18,22)/t11-/m0/s1. The summed E-state index contributed by atoms with van der Waals surface area (Å²) in [6.45, 7) is 2.40. The average Bonchev–Trinajstić information content (AvgIpc) is 3.24. The summed E-state index contributed by atoms with van der Waals surface area (Å²) in [7, 11) is 0. The van der Waals surface area contributed by atoms with Gasteiger partial charge in [-0.3, -0.25) is 9.36 Å². The first-order valence-corrected chi connectivity index (χ1v) is 9.40. The Labute approximate surface area is 153 Å². The number of amides is 1. The maximum atomic E-state index is 12.3. The van der Waals surface area contributed by atoms with Crippen LogP contribution >= 0.6 is 34.7 Å². The molecule has 1 atom stereocenters. The highest BCUT2D eigenvalue weighted by molar-refractivity contribution is 8.00. The van der Waals surface area contributed by atoms with E-state index in [2.05, 4.69) is 15.5 Å². The Hall–Kier alpha value is -1.83. The third-order valence-electron chi connectivity index (χ3n) is 3.27. The first-order chi connectivity index (χ1) is 11.6. The van der Waals surface area contributed by atoms with E-state index in [1.807, 2.05) is 53.3 Å². The molecule has 1 aromatic carbocycles. The number of thiophene rings is 1. The number of halogens is 1. The van der Waals surface area contributed by atoms with Gasteiger partial charge in [0, 0.05) is 9.90 Å². The molecule has 0 unspecified atom stereocenters. The molecule has 8 heteroatoms. The molecular weight excluding hydrogens is 364 g/mol. The summed E-state index contributed by atoms with van der Waals surface area (Å²) >= 11 is 9.02. The summed E-state index contributed by atoms with van der Waals surface area (Å²) in [5, 5.41) is 14.0. The van der Waals surface area contributed by atoms with Crippen LogP contribution in [0.4, 0.5) is 0 Å². The van der Waals surface area contributed by atoms with Gasteiger partial charge in [-0.15, -0.1) is 21.5 Å². The van der Waals surface area contributed by atoms with E-state index in [0.717, 1.165) is 10.6 Å². The fourth-order valence-electron chi connectivity index (χ4n) is 2.05. The van der Waals surface area contributed by atoms with Gasteiger partial charge in [-0.25, -0.2) is 0 Å². The Kier molecular flexibility index (Phi) is 5.55. The molecule has 0 saturated heterocycles. The SMILES string of the molecule is C[C@H](Sc1nncn1-c1cccc(Cl)c1)C(=O)NCc1cccs1. The first kappa shape index (κ1) is 17.0. The van der Waals surface area contributed by atoms with Gasteiger partial charge in [-0.2, -0.15) is 0 Å². The Bertz CT molecular complexity index is 819. The molecule has 5 nitrogen and oxygen atoms in total. The minimum absolute atomic E-state index is 0.0333. The molecule has 2 heterocycles. The van der Waals surface area contributed by atoms with Gasteiger partial charge >= 0.3 is 0 Å². The summed E-state index contributed by atoms with van der Waals surface area (Å²) in [6, 6.07) is 11.4. The van der Waals surface area contributed by atoms with Crippen molar-refractivity contribution in [2.45, 2.75) is 23.9 Å². The molecule has 0 aliphatic heterocycles. The van der Waals surface area contributed by atoms with E-state index in [-0.39, 0.29) is 11.2 Å². The summed E-state index contributed by atoms with van der Waals surface area (Å²) in [5.41, 5.74) is 0.862. The van der Waals surface area contributed by atoms with Crippen molar-refractivity contribution in [2.75, 3.05) is 0 Å². The lowest BCUT2D eigenvalue weighted by molar-refractivity contribution is -0.120. The third-order valence-corrected chi connectivity index (χ3v) is 5.44. The van der Waals surface area contributed by atoms with Crippen LogP contribution in [0.15, 0.2) is 53.3 Å². The fraction of sp³-hybridized carbons (Fsp3) is 0.188. The predicted molar refractivity (Wildman–Crippen MR) is 97.9 cm³/mol. The lowest BCUT2D eigenvalue weighted by atomic mass is 10.3. The quantitative estimate of drug-likeness (QED) is 0.663. The lowest BCUT2D eigenvalue weighted by Gasteiger charge is -2.12. The highest BCUT2D eigenvalue weighted by Crippen LogP contribution is 2.25. The van der Waals surface area contributed by atoms with E-state index < -0.39 is 0 Å². The second kappa shape index (κ2) is 7.83. The lowest BCUT2D eigenvalue weighted by Crippen LogP contribution is -2.30. The fourth-order valence-corrected chi connectivity index (χ4v) is 3.75. The van der Waals surface area contributed by atoms with Crippen molar-refractivity contribution in [2.24, 2.45) is 0 Å². The molecule has 3 aromatic rings. The van der Waals surface area contributed by atoms with Crippen LogP contribution in [-0.2, 0) is 11.3 Å². The van der Waals surface area contributed by atoms with Crippen LogP contribution in [-0.4, -0.2) is 25.9 Å². The first-order valence-electron chi connectivity index (χ1n) is 7.26. The zero-order chi connectivity index (χ0) is 16.9. The number of rotatable bonds is 6. The molecule has 0 saturated carbocycles. The van der Waals surface area contributed by atoms with Gasteiger partial charge < -0.3 is 5.32 Å².